The molecule has 0 fully saturated rings. The molecule has 4 atom stereocenters. The van der Waals surface area contributed by atoms with Crippen LogP contribution in [0.5, 0.6) is 0 Å². The van der Waals surface area contributed by atoms with Crippen LogP contribution in [0.25, 0.3) is 0 Å². The molecule has 4 unspecified atom stereocenters. The Morgan fingerprint density at radius 2 is 1.21 bits per heavy atom. The SMILES string of the molecule is CC(C)CC(NC(=O)C(N)CS)C(=O)NC(CCC(N)=O)C(=O)NC(CCC(N)=O)C(=O)O. The van der Waals surface area contributed by atoms with Crippen molar-refractivity contribution in [2.75, 3.05) is 5.75 Å². The Bertz CT molecular complexity index is 733. The number of primary amides is 2. The predicted octanol–water partition coefficient (Wildman–Crippen LogP) is -2.64. The third-order valence-electron chi connectivity index (χ3n) is 4.48. The third-order valence-corrected chi connectivity index (χ3v) is 4.87. The van der Waals surface area contributed by atoms with Gasteiger partial charge < -0.3 is 38.3 Å². The van der Waals surface area contributed by atoms with Crippen LogP contribution in [-0.4, -0.2) is 70.5 Å². The highest BCUT2D eigenvalue weighted by Crippen LogP contribution is 2.08. The third kappa shape index (κ3) is 12.7. The molecule has 0 rings (SSSR count). The van der Waals surface area contributed by atoms with E-state index in [1.165, 1.54) is 0 Å². The smallest absolute Gasteiger partial charge is 0.326 e. The summed E-state index contributed by atoms with van der Waals surface area (Å²) in [5, 5.41) is 16.4. The number of nitrogens with one attached hydrogen (secondary N) is 3. The summed E-state index contributed by atoms with van der Waals surface area (Å²) in [6, 6.07) is -4.77. The lowest BCUT2D eigenvalue weighted by atomic mass is 10.0. The Morgan fingerprint density at radius 1 is 0.788 bits per heavy atom. The number of carbonyl (C=O) groups is 6. The van der Waals surface area contributed by atoms with Crippen LogP contribution in [0.3, 0.4) is 0 Å². The highest BCUT2D eigenvalue weighted by molar-refractivity contribution is 7.80. The molecule has 0 aromatic rings. The van der Waals surface area contributed by atoms with E-state index in [0.29, 0.717) is 0 Å². The quantitative estimate of drug-likeness (QED) is 0.106. The van der Waals surface area contributed by atoms with Crippen molar-refractivity contribution in [3.05, 3.63) is 0 Å². The lowest BCUT2D eigenvalue weighted by Gasteiger charge is -2.25. The Kier molecular flexibility index (Phi) is 13.7. The first-order chi connectivity index (χ1) is 15.3. The Hall–Kier alpha value is -2.87. The Labute approximate surface area is 197 Å². The van der Waals surface area contributed by atoms with Gasteiger partial charge in [0.2, 0.25) is 29.5 Å². The van der Waals surface area contributed by atoms with Gasteiger partial charge in [-0.25, -0.2) is 4.79 Å². The van der Waals surface area contributed by atoms with Gasteiger partial charge in [0.15, 0.2) is 0 Å². The van der Waals surface area contributed by atoms with Gasteiger partial charge in [0.05, 0.1) is 6.04 Å². The minimum atomic E-state index is -1.45. The molecule has 0 aromatic carbocycles. The molecular weight excluding hydrogens is 456 g/mol. The summed E-state index contributed by atoms with van der Waals surface area (Å²) < 4.78 is 0. The number of amides is 5. The van der Waals surface area contributed by atoms with E-state index in [1.807, 2.05) is 13.8 Å². The number of carboxylic acid groups (broad SMARTS) is 1. The van der Waals surface area contributed by atoms with Gasteiger partial charge in [0.25, 0.3) is 0 Å². The van der Waals surface area contributed by atoms with Crippen molar-refractivity contribution in [3.63, 3.8) is 0 Å². The summed E-state index contributed by atoms with van der Waals surface area (Å²) in [6.45, 7) is 3.64. The Morgan fingerprint density at radius 3 is 1.64 bits per heavy atom. The minimum Gasteiger partial charge on any atom is -0.480 e. The van der Waals surface area contributed by atoms with E-state index in [4.69, 9.17) is 17.2 Å². The number of aliphatic carboxylic acids is 1. The minimum absolute atomic E-state index is 0.0173. The fraction of sp³-hybridized carbons (Fsp3) is 0.684. The molecular formula is C19H34N6O7S. The second-order valence-electron chi connectivity index (χ2n) is 7.95. The highest BCUT2D eigenvalue weighted by Gasteiger charge is 2.30. The summed E-state index contributed by atoms with van der Waals surface area (Å²) in [6.07, 6.45) is -0.821. The van der Waals surface area contributed by atoms with Crippen molar-refractivity contribution < 1.29 is 33.9 Å². The van der Waals surface area contributed by atoms with Crippen molar-refractivity contribution in [2.24, 2.45) is 23.1 Å². The molecule has 0 aliphatic heterocycles. The second-order valence-corrected chi connectivity index (χ2v) is 8.32. The topological polar surface area (TPSA) is 237 Å². The van der Waals surface area contributed by atoms with E-state index < -0.39 is 59.7 Å². The number of hydrogen-bond acceptors (Lipinski definition) is 8. The van der Waals surface area contributed by atoms with Gasteiger partial charge in [-0.15, -0.1) is 0 Å². The van der Waals surface area contributed by atoms with Crippen LogP contribution in [0.2, 0.25) is 0 Å². The number of rotatable bonds is 16. The molecule has 0 saturated carbocycles. The van der Waals surface area contributed by atoms with E-state index >= 15 is 0 Å². The maximum absolute atomic E-state index is 12.9. The summed E-state index contributed by atoms with van der Waals surface area (Å²) in [7, 11) is 0. The zero-order valence-corrected chi connectivity index (χ0v) is 19.6. The molecule has 10 N–H and O–H groups in total. The van der Waals surface area contributed by atoms with Crippen molar-refractivity contribution >= 4 is 48.1 Å². The molecule has 0 radical (unpaired) electrons. The zero-order valence-electron chi connectivity index (χ0n) is 18.7. The molecule has 13 nitrogen and oxygen atoms in total. The van der Waals surface area contributed by atoms with Crippen molar-refractivity contribution in [1.82, 2.24) is 16.0 Å². The van der Waals surface area contributed by atoms with Crippen LogP contribution in [-0.2, 0) is 28.8 Å². The van der Waals surface area contributed by atoms with Gasteiger partial charge in [-0.3, -0.25) is 24.0 Å². The van der Waals surface area contributed by atoms with Crippen LogP contribution >= 0.6 is 12.6 Å². The number of carbonyl (C=O) groups excluding carboxylic acids is 5. The molecule has 0 bridgehead atoms. The lowest BCUT2D eigenvalue weighted by Crippen LogP contribution is -2.57. The van der Waals surface area contributed by atoms with E-state index in [1.54, 1.807) is 0 Å². The molecule has 5 amide bonds. The number of hydrogen-bond donors (Lipinski definition) is 8. The summed E-state index contributed by atoms with van der Waals surface area (Å²) >= 11 is 3.95. The van der Waals surface area contributed by atoms with Crippen molar-refractivity contribution in [1.29, 1.82) is 0 Å². The average molecular weight is 491 g/mol. The number of thiol groups is 1. The molecule has 0 aromatic heterocycles. The molecule has 0 aliphatic carbocycles. The standard InChI is InChI=1S/C19H34N6O7S/c1-9(2)7-13(25-16(28)10(20)8-33)18(30)23-11(3-5-14(21)26)17(29)24-12(19(31)32)4-6-15(22)27/h9-13,33H,3-8,20H2,1-2H3,(H2,21,26)(H2,22,27)(H,23,30)(H,24,29)(H,25,28)(H,31,32). The first-order valence-electron chi connectivity index (χ1n) is 10.3. The van der Waals surface area contributed by atoms with Crippen molar-refractivity contribution in [2.45, 2.75) is 70.1 Å². The van der Waals surface area contributed by atoms with E-state index in [0.717, 1.165) is 0 Å². The van der Waals surface area contributed by atoms with Gasteiger partial charge in [0, 0.05) is 18.6 Å². The van der Waals surface area contributed by atoms with E-state index in [2.05, 4.69) is 28.6 Å². The van der Waals surface area contributed by atoms with Crippen LogP contribution in [0.1, 0.15) is 46.0 Å². The highest BCUT2D eigenvalue weighted by atomic mass is 32.1. The first kappa shape index (κ1) is 30.1. The number of carboxylic acids is 1. The molecule has 0 saturated heterocycles. The summed E-state index contributed by atoms with van der Waals surface area (Å²) in [4.78, 5) is 71.3. The summed E-state index contributed by atoms with van der Waals surface area (Å²) in [5.74, 6) is -5.10. The van der Waals surface area contributed by atoms with Gasteiger partial charge in [-0.2, -0.15) is 12.6 Å². The molecule has 188 valence electrons. The van der Waals surface area contributed by atoms with Crippen LogP contribution in [0, 0.1) is 5.92 Å². The lowest BCUT2D eigenvalue weighted by molar-refractivity contribution is -0.142. The van der Waals surface area contributed by atoms with Crippen molar-refractivity contribution in [3.8, 4) is 0 Å². The zero-order chi connectivity index (χ0) is 25.7. The first-order valence-corrected chi connectivity index (χ1v) is 11.0. The monoisotopic (exact) mass is 490 g/mol. The molecule has 33 heavy (non-hydrogen) atoms. The second kappa shape index (κ2) is 15.1. The summed E-state index contributed by atoms with van der Waals surface area (Å²) in [5.41, 5.74) is 15.8. The average Bonchev–Trinajstić information content (AvgIpc) is 2.71. The van der Waals surface area contributed by atoms with Gasteiger partial charge >= 0.3 is 5.97 Å². The molecule has 0 aliphatic rings. The van der Waals surface area contributed by atoms with Gasteiger partial charge in [0.1, 0.15) is 18.1 Å². The predicted molar refractivity (Wildman–Crippen MR) is 122 cm³/mol. The maximum Gasteiger partial charge on any atom is 0.326 e. The van der Waals surface area contributed by atoms with E-state index in [9.17, 15) is 33.9 Å². The van der Waals surface area contributed by atoms with Gasteiger partial charge in [-0.1, -0.05) is 13.8 Å². The largest absolute Gasteiger partial charge is 0.480 e. The fourth-order valence-corrected chi connectivity index (χ4v) is 2.87. The number of nitrogens with two attached hydrogens (primary N) is 3. The fourth-order valence-electron chi connectivity index (χ4n) is 2.71. The van der Waals surface area contributed by atoms with Gasteiger partial charge in [-0.05, 0) is 25.2 Å². The van der Waals surface area contributed by atoms with Crippen LogP contribution in [0.4, 0.5) is 0 Å². The van der Waals surface area contributed by atoms with Crippen LogP contribution in [0.15, 0.2) is 0 Å². The molecule has 0 heterocycles. The molecule has 14 heteroatoms. The normalized spacial score (nSPS) is 14.5. The Balaban J connectivity index is 5.54. The molecule has 0 spiro atoms. The van der Waals surface area contributed by atoms with E-state index in [-0.39, 0.29) is 43.8 Å². The maximum atomic E-state index is 12.9. The van der Waals surface area contributed by atoms with Crippen LogP contribution < -0.4 is 33.2 Å².